The molecule has 5 heteroatoms. The van der Waals surface area contributed by atoms with Crippen LogP contribution < -0.4 is 10.6 Å². The maximum Gasteiger partial charge on any atom is 0.191 e. The first-order valence-electron chi connectivity index (χ1n) is 7.20. The van der Waals surface area contributed by atoms with Crippen LogP contribution in [0.5, 0.6) is 0 Å². The quantitative estimate of drug-likeness (QED) is 0.448. The maximum absolute atomic E-state index is 4.31. The van der Waals surface area contributed by atoms with Crippen molar-refractivity contribution >= 4 is 29.9 Å². The van der Waals surface area contributed by atoms with Gasteiger partial charge in [-0.15, -0.1) is 24.0 Å². The van der Waals surface area contributed by atoms with Crippen molar-refractivity contribution < 1.29 is 0 Å². The van der Waals surface area contributed by atoms with E-state index >= 15 is 0 Å². The number of aliphatic imine (C=N–C) groups is 1. The molecule has 2 atom stereocenters. The first kappa shape index (κ1) is 17.2. The average Bonchev–Trinajstić information content (AvgIpc) is 3.17. The molecule has 4 nitrogen and oxygen atoms in total. The molecule has 1 heterocycles. The third-order valence-electron chi connectivity index (χ3n) is 3.53. The first-order valence-corrected chi connectivity index (χ1v) is 7.20. The van der Waals surface area contributed by atoms with E-state index < -0.39 is 0 Å². The molecule has 112 valence electrons. The van der Waals surface area contributed by atoms with Gasteiger partial charge in [-0.05, 0) is 30.9 Å². The Morgan fingerprint density at radius 1 is 1.45 bits per heavy atom. The SMILES string of the molecule is CCCC1CC1NC(=NC)NCCc1ccccn1.I. The van der Waals surface area contributed by atoms with Crippen LogP contribution in [0.2, 0.25) is 0 Å². The summed E-state index contributed by atoms with van der Waals surface area (Å²) < 4.78 is 0. The third-order valence-corrected chi connectivity index (χ3v) is 3.53. The van der Waals surface area contributed by atoms with Crippen molar-refractivity contribution in [1.82, 2.24) is 15.6 Å². The minimum absolute atomic E-state index is 0. The molecule has 0 spiro atoms. The Balaban J connectivity index is 0.00000200. The number of rotatable bonds is 6. The van der Waals surface area contributed by atoms with E-state index in [1.54, 1.807) is 0 Å². The summed E-state index contributed by atoms with van der Waals surface area (Å²) in [4.78, 5) is 8.58. The summed E-state index contributed by atoms with van der Waals surface area (Å²) in [5, 5.41) is 6.83. The Labute approximate surface area is 138 Å². The van der Waals surface area contributed by atoms with Crippen LogP contribution in [0.1, 0.15) is 31.9 Å². The lowest BCUT2D eigenvalue weighted by atomic mass is 10.2. The van der Waals surface area contributed by atoms with Crippen molar-refractivity contribution in [3.05, 3.63) is 30.1 Å². The average molecular weight is 388 g/mol. The van der Waals surface area contributed by atoms with E-state index in [9.17, 15) is 0 Å². The van der Waals surface area contributed by atoms with E-state index in [0.717, 1.165) is 30.5 Å². The van der Waals surface area contributed by atoms with Gasteiger partial charge in [-0.1, -0.05) is 19.4 Å². The molecule has 20 heavy (non-hydrogen) atoms. The van der Waals surface area contributed by atoms with Gasteiger partial charge in [-0.2, -0.15) is 0 Å². The molecule has 0 aliphatic heterocycles. The van der Waals surface area contributed by atoms with Gasteiger partial charge in [-0.25, -0.2) is 0 Å². The van der Waals surface area contributed by atoms with E-state index in [1.165, 1.54) is 19.3 Å². The predicted molar refractivity (Wildman–Crippen MR) is 94.7 cm³/mol. The number of guanidine groups is 1. The Morgan fingerprint density at radius 3 is 2.95 bits per heavy atom. The zero-order chi connectivity index (χ0) is 13.5. The van der Waals surface area contributed by atoms with Gasteiger partial charge in [0.2, 0.25) is 0 Å². The summed E-state index contributed by atoms with van der Waals surface area (Å²) in [6.07, 6.45) is 6.64. The van der Waals surface area contributed by atoms with E-state index in [2.05, 4.69) is 33.6 Å². The van der Waals surface area contributed by atoms with Crippen molar-refractivity contribution in [3.63, 3.8) is 0 Å². The van der Waals surface area contributed by atoms with Crippen molar-refractivity contribution in [2.24, 2.45) is 10.9 Å². The standard InChI is InChI=1S/C15H24N4.HI/c1-3-6-12-11-14(12)19-15(16-2)18-10-8-13-7-4-5-9-17-13;/h4-5,7,9,12,14H,3,6,8,10-11H2,1-2H3,(H2,16,18,19);1H. The van der Waals surface area contributed by atoms with Crippen molar-refractivity contribution in [1.29, 1.82) is 0 Å². The van der Waals surface area contributed by atoms with Crippen LogP contribution in [0, 0.1) is 5.92 Å². The molecule has 2 unspecified atom stereocenters. The maximum atomic E-state index is 4.31. The summed E-state index contributed by atoms with van der Waals surface area (Å²) in [6, 6.07) is 6.64. The second kappa shape index (κ2) is 9.15. The summed E-state index contributed by atoms with van der Waals surface area (Å²) in [6.45, 7) is 3.11. The van der Waals surface area contributed by atoms with E-state index in [1.807, 2.05) is 25.4 Å². The molecule has 1 aliphatic carbocycles. The fourth-order valence-electron chi connectivity index (χ4n) is 2.34. The van der Waals surface area contributed by atoms with Crippen molar-refractivity contribution in [2.75, 3.05) is 13.6 Å². The van der Waals surface area contributed by atoms with Crippen LogP contribution in [0.25, 0.3) is 0 Å². The molecular weight excluding hydrogens is 363 g/mol. The second-order valence-corrected chi connectivity index (χ2v) is 5.11. The number of hydrogen-bond acceptors (Lipinski definition) is 2. The third kappa shape index (κ3) is 5.64. The van der Waals surface area contributed by atoms with Gasteiger partial charge in [0.1, 0.15) is 0 Å². The number of aromatic nitrogens is 1. The van der Waals surface area contributed by atoms with E-state index in [4.69, 9.17) is 0 Å². The lowest BCUT2D eigenvalue weighted by Gasteiger charge is -2.11. The van der Waals surface area contributed by atoms with Crippen LogP contribution in [0.4, 0.5) is 0 Å². The Bertz CT molecular complexity index is 408. The van der Waals surface area contributed by atoms with Gasteiger partial charge in [-0.3, -0.25) is 9.98 Å². The van der Waals surface area contributed by atoms with Gasteiger partial charge in [0.25, 0.3) is 0 Å². The molecule has 2 rings (SSSR count). The first-order chi connectivity index (χ1) is 9.33. The molecule has 1 aromatic rings. The van der Waals surface area contributed by atoms with Crippen LogP contribution in [-0.4, -0.2) is 30.6 Å². The molecule has 0 aromatic carbocycles. The number of hydrogen-bond donors (Lipinski definition) is 2. The van der Waals surface area contributed by atoms with Gasteiger partial charge in [0.05, 0.1) is 0 Å². The Morgan fingerprint density at radius 2 is 2.30 bits per heavy atom. The van der Waals surface area contributed by atoms with Crippen molar-refractivity contribution in [2.45, 2.75) is 38.6 Å². The van der Waals surface area contributed by atoms with Gasteiger partial charge < -0.3 is 10.6 Å². The molecule has 0 bridgehead atoms. The Kier molecular flexibility index (Phi) is 7.87. The summed E-state index contributed by atoms with van der Waals surface area (Å²) in [7, 11) is 1.83. The zero-order valence-corrected chi connectivity index (χ0v) is 14.6. The summed E-state index contributed by atoms with van der Waals surface area (Å²) in [5.41, 5.74) is 1.11. The molecular formula is C15H25IN4. The van der Waals surface area contributed by atoms with Gasteiger partial charge in [0, 0.05) is 37.9 Å². The van der Waals surface area contributed by atoms with Gasteiger partial charge >= 0.3 is 0 Å². The highest BCUT2D eigenvalue weighted by atomic mass is 127. The summed E-state index contributed by atoms with van der Waals surface area (Å²) in [5.74, 6) is 1.76. The highest BCUT2D eigenvalue weighted by Crippen LogP contribution is 2.34. The monoisotopic (exact) mass is 388 g/mol. The molecule has 2 N–H and O–H groups in total. The fraction of sp³-hybridized carbons (Fsp3) is 0.600. The van der Waals surface area contributed by atoms with Crippen LogP contribution in [0.15, 0.2) is 29.4 Å². The lowest BCUT2D eigenvalue weighted by molar-refractivity contribution is 0.655. The smallest absolute Gasteiger partial charge is 0.191 e. The van der Waals surface area contributed by atoms with Crippen LogP contribution in [0.3, 0.4) is 0 Å². The van der Waals surface area contributed by atoms with Gasteiger partial charge in [0.15, 0.2) is 5.96 Å². The molecule has 1 saturated carbocycles. The minimum atomic E-state index is 0. The highest BCUT2D eigenvalue weighted by Gasteiger charge is 2.36. The molecule has 0 amide bonds. The van der Waals surface area contributed by atoms with E-state index in [-0.39, 0.29) is 24.0 Å². The number of pyridine rings is 1. The number of halogens is 1. The molecule has 0 radical (unpaired) electrons. The van der Waals surface area contributed by atoms with Crippen LogP contribution in [-0.2, 0) is 6.42 Å². The molecule has 1 aromatic heterocycles. The molecule has 1 fully saturated rings. The minimum Gasteiger partial charge on any atom is -0.356 e. The second-order valence-electron chi connectivity index (χ2n) is 5.11. The zero-order valence-electron chi connectivity index (χ0n) is 12.3. The normalized spacial score (nSPS) is 21.0. The Hall–Kier alpha value is -0.850. The van der Waals surface area contributed by atoms with Crippen molar-refractivity contribution in [3.8, 4) is 0 Å². The van der Waals surface area contributed by atoms with Crippen LogP contribution >= 0.6 is 24.0 Å². The highest BCUT2D eigenvalue weighted by molar-refractivity contribution is 14.0. The van der Waals surface area contributed by atoms with E-state index in [0.29, 0.717) is 6.04 Å². The lowest BCUT2D eigenvalue weighted by Crippen LogP contribution is -2.40. The summed E-state index contributed by atoms with van der Waals surface area (Å²) >= 11 is 0. The number of nitrogens with zero attached hydrogens (tertiary/aromatic N) is 2. The fourth-order valence-corrected chi connectivity index (χ4v) is 2.34. The molecule has 1 aliphatic rings. The topological polar surface area (TPSA) is 49.3 Å². The molecule has 0 saturated heterocycles. The predicted octanol–water partition coefficient (Wildman–Crippen LogP) is 2.60. The number of nitrogens with one attached hydrogen (secondary N) is 2. The largest absolute Gasteiger partial charge is 0.356 e.